The molecule has 0 aliphatic heterocycles. The van der Waals surface area contributed by atoms with E-state index in [4.69, 9.17) is 0 Å². The Morgan fingerprint density at radius 1 is 1.29 bits per heavy atom. The highest BCUT2D eigenvalue weighted by Gasteiger charge is 2.13. The molecule has 1 heterocycles. The molecular formula is C16H22N4O. The summed E-state index contributed by atoms with van der Waals surface area (Å²) < 4.78 is 0. The van der Waals surface area contributed by atoms with E-state index in [1.54, 1.807) is 11.9 Å². The van der Waals surface area contributed by atoms with Crippen LogP contribution >= 0.6 is 0 Å². The number of unbranched alkanes of at least 4 members (excludes halogenated alkanes) is 1. The lowest BCUT2D eigenvalue weighted by atomic mass is 10.1. The van der Waals surface area contributed by atoms with E-state index in [0.29, 0.717) is 17.9 Å². The molecule has 0 unspecified atom stereocenters. The van der Waals surface area contributed by atoms with Crippen molar-refractivity contribution in [3.05, 3.63) is 47.0 Å². The minimum Gasteiger partial charge on any atom is -0.334 e. The molecular weight excluding hydrogens is 264 g/mol. The summed E-state index contributed by atoms with van der Waals surface area (Å²) in [5, 5.41) is 6.83. The first-order chi connectivity index (χ1) is 10.1. The summed E-state index contributed by atoms with van der Waals surface area (Å²) in [6.07, 6.45) is 3.42. The van der Waals surface area contributed by atoms with Crippen molar-refractivity contribution in [2.75, 3.05) is 7.05 Å². The number of aryl methyl sites for hydroxylation is 2. The summed E-state index contributed by atoms with van der Waals surface area (Å²) in [6.45, 7) is 4.42. The van der Waals surface area contributed by atoms with E-state index in [1.807, 2.05) is 31.2 Å². The second-order valence-electron chi connectivity index (χ2n) is 5.30. The summed E-state index contributed by atoms with van der Waals surface area (Å²) in [4.78, 5) is 18.2. The number of aromatic nitrogens is 3. The molecule has 0 radical (unpaired) electrons. The molecule has 0 saturated carbocycles. The van der Waals surface area contributed by atoms with E-state index in [9.17, 15) is 4.79 Å². The van der Waals surface area contributed by atoms with Crippen molar-refractivity contribution in [1.29, 1.82) is 0 Å². The van der Waals surface area contributed by atoms with Crippen molar-refractivity contribution in [3.8, 4) is 0 Å². The standard InChI is InChI=1S/C16H22N4O/c1-4-5-6-13-7-9-14(10-8-13)16(21)20(3)11-15-17-12(2)18-19-15/h7-10H,4-6,11H2,1-3H3,(H,17,18,19). The fraction of sp³-hybridized carbons (Fsp3) is 0.438. The van der Waals surface area contributed by atoms with Gasteiger partial charge in [0.15, 0.2) is 5.82 Å². The molecule has 0 aliphatic rings. The molecule has 0 saturated heterocycles. The molecule has 0 fully saturated rings. The number of hydrogen-bond acceptors (Lipinski definition) is 3. The third-order valence-electron chi connectivity index (χ3n) is 3.39. The maximum absolute atomic E-state index is 12.3. The number of carbonyl (C=O) groups excluding carboxylic acids is 1. The summed E-state index contributed by atoms with van der Waals surface area (Å²) in [5.41, 5.74) is 1.98. The van der Waals surface area contributed by atoms with E-state index < -0.39 is 0 Å². The number of H-pyrrole nitrogens is 1. The summed E-state index contributed by atoms with van der Waals surface area (Å²) >= 11 is 0. The maximum atomic E-state index is 12.3. The number of aromatic amines is 1. The molecule has 5 nitrogen and oxygen atoms in total. The van der Waals surface area contributed by atoms with Crippen LogP contribution in [0.5, 0.6) is 0 Å². The van der Waals surface area contributed by atoms with Crippen molar-refractivity contribution in [1.82, 2.24) is 20.1 Å². The number of amides is 1. The quantitative estimate of drug-likeness (QED) is 0.888. The van der Waals surface area contributed by atoms with Gasteiger partial charge in [0, 0.05) is 12.6 Å². The molecule has 2 rings (SSSR count). The maximum Gasteiger partial charge on any atom is 0.254 e. The molecule has 1 aromatic carbocycles. The molecule has 5 heteroatoms. The Bertz CT molecular complexity index is 589. The summed E-state index contributed by atoms with van der Waals surface area (Å²) in [5.74, 6) is 1.37. The van der Waals surface area contributed by atoms with Crippen LogP contribution in [0.3, 0.4) is 0 Å². The van der Waals surface area contributed by atoms with Crippen LogP contribution in [-0.4, -0.2) is 33.0 Å². The zero-order valence-corrected chi connectivity index (χ0v) is 12.9. The zero-order valence-electron chi connectivity index (χ0n) is 12.9. The minimum absolute atomic E-state index is 0.0144. The van der Waals surface area contributed by atoms with E-state index in [2.05, 4.69) is 22.1 Å². The predicted octanol–water partition coefficient (Wildman–Crippen LogP) is 2.73. The molecule has 1 N–H and O–H groups in total. The first-order valence-electron chi connectivity index (χ1n) is 7.32. The fourth-order valence-electron chi connectivity index (χ4n) is 2.16. The van der Waals surface area contributed by atoms with Gasteiger partial charge < -0.3 is 4.90 Å². The average Bonchev–Trinajstić information content (AvgIpc) is 2.90. The van der Waals surface area contributed by atoms with Crippen LogP contribution in [0.4, 0.5) is 0 Å². The first-order valence-corrected chi connectivity index (χ1v) is 7.32. The smallest absolute Gasteiger partial charge is 0.254 e. The Morgan fingerprint density at radius 2 is 2.00 bits per heavy atom. The van der Waals surface area contributed by atoms with Gasteiger partial charge in [-0.1, -0.05) is 25.5 Å². The van der Waals surface area contributed by atoms with Crippen LogP contribution in [0, 0.1) is 6.92 Å². The largest absolute Gasteiger partial charge is 0.334 e. The molecule has 0 spiro atoms. The van der Waals surface area contributed by atoms with Gasteiger partial charge in [-0.3, -0.25) is 9.89 Å². The number of rotatable bonds is 6. The molecule has 0 aliphatic carbocycles. The van der Waals surface area contributed by atoms with E-state index in [1.165, 1.54) is 18.4 Å². The molecule has 0 atom stereocenters. The Kier molecular flexibility index (Phi) is 5.09. The number of nitrogens with zero attached hydrogens (tertiary/aromatic N) is 3. The van der Waals surface area contributed by atoms with Gasteiger partial charge in [0.2, 0.25) is 0 Å². The summed E-state index contributed by atoms with van der Waals surface area (Å²) in [6, 6.07) is 7.86. The van der Waals surface area contributed by atoms with Gasteiger partial charge in [0.25, 0.3) is 5.91 Å². The van der Waals surface area contributed by atoms with Crippen LogP contribution in [0.1, 0.15) is 47.3 Å². The highest BCUT2D eigenvalue weighted by Crippen LogP contribution is 2.10. The van der Waals surface area contributed by atoms with E-state index in [0.717, 1.165) is 12.2 Å². The molecule has 112 valence electrons. The number of carbonyl (C=O) groups is 1. The topological polar surface area (TPSA) is 61.9 Å². The van der Waals surface area contributed by atoms with Gasteiger partial charge in [-0.2, -0.15) is 5.10 Å². The lowest BCUT2D eigenvalue weighted by Gasteiger charge is -2.15. The van der Waals surface area contributed by atoms with Crippen molar-refractivity contribution >= 4 is 5.91 Å². The predicted molar refractivity (Wildman–Crippen MR) is 82.0 cm³/mol. The number of benzene rings is 1. The Balaban J connectivity index is 1.98. The van der Waals surface area contributed by atoms with Gasteiger partial charge in [-0.25, -0.2) is 4.98 Å². The van der Waals surface area contributed by atoms with Crippen molar-refractivity contribution in [3.63, 3.8) is 0 Å². The first kappa shape index (κ1) is 15.2. The molecule has 2 aromatic rings. The van der Waals surface area contributed by atoms with Crippen molar-refractivity contribution < 1.29 is 4.79 Å². The second kappa shape index (κ2) is 7.02. The third-order valence-corrected chi connectivity index (χ3v) is 3.39. The van der Waals surface area contributed by atoms with Gasteiger partial charge in [-0.05, 0) is 37.5 Å². The zero-order chi connectivity index (χ0) is 15.2. The van der Waals surface area contributed by atoms with Crippen LogP contribution in [0.25, 0.3) is 0 Å². The van der Waals surface area contributed by atoms with E-state index in [-0.39, 0.29) is 5.91 Å². The molecule has 21 heavy (non-hydrogen) atoms. The lowest BCUT2D eigenvalue weighted by Crippen LogP contribution is -2.26. The Labute approximate surface area is 125 Å². The monoisotopic (exact) mass is 286 g/mol. The highest BCUT2D eigenvalue weighted by atomic mass is 16.2. The van der Waals surface area contributed by atoms with Crippen LogP contribution < -0.4 is 0 Å². The van der Waals surface area contributed by atoms with Gasteiger partial charge in [0.1, 0.15) is 5.82 Å². The van der Waals surface area contributed by atoms with Crippen LogP contribution in [0.2, 0.25) is 0 Å². The fourth-order valence-corrected chi connectivity index (χ4v) is 2.16. The van der Waals surface area contributed by atoms with Crippen molar-refractivity contribution in [2.24, 2.45) is 0 Å². The Morgan fingerprint density at radius 3 is 2.57 bits per heavy atom. The number of hydrogen-bond donors (Lipinski definition) is 1. The second-order valence-corrected chi connectivity index (χ2v) is 5.30. The summed E-state index contributed by atoms with van der Waals surface area (Å²) in [7, 11) is 1.76. The van der Waals surface area contributed by atoms with Gasteiger partial charge >= 0.3 is 0 Å². The molecule has 1 aromatic heterocycles. The molecule has 0 bridgehead atoms. The van der Waals surface area contributed by atoms with E-state index >= 15 is 0 Å². The van der Waals surface area contributed by atoms with Gasteiger partial charge in [0.05, 0.1) is 6.54 Å². The third kappa shape index (κ3) is 4.15. The van der Waals surface area contributed by atoms with Crippen LogP contribution in [0.15, 0.2) is 24.3 Å². The lowest BCUT2D eigenvalue weighted by molar-refractivity contribution is 0.0781. The minimum atomic E-state index is -0.0144. The molecule has 1 amide bonds. The Hall–Kier alpha value is -2.17. The SMILES string of the molecule is CCCCc1ccc(C(=O)N(C)Cc2n[nH]c(C)n2)cc1. The van der Waals surface area contributed by atoms with Crippen LogP contribution in [-0.2, 0) is 13.0 Å². The van der Waals surface area contributed by atoms with Crippen molar-refractivity contribution in [2.45, 2.75) is 39.7 Å². The van der Waals surface area contributed by atoms with Gasteiger partial charge in [-0.15, -0.1) is 0 Å². The average molecular weight is 286 g/mol. The highest BCUT2D eigenvalue weighted by molar-refractivity contribution is 5.94. The normalized spacial score (nSPS) is 10.6. The number of nitrogens with one attached hydrogen (secondary N) is 1.